The van der Waals surface area contributed by atoms with Gasteiger partial charge < -0.3 is 9.84 Å². The third kappa shape index (κ3) is 2.71. The van der Waals surface area contributed by atoms with Gasteiger partial charge in [-0.05, 0) is 6.07 Å². The molecule has 1 rings (SSSR count). The van der Waals surface area contributed by atoms with Crippen LogP contribution in [0.2, 0.25) is 10.0 Å². The van der Waals surface area contributed by atoms with Crippen LogP contribution in [0, 0.1) is 5.95 Å². The molecular weight excluding hydrogens is 236 g/mol. The fourth-order valence-corrected chi connectivity index (χ4v) is 1.07. The highest BCUT2D eigenvalue weighted by Gasteiger charge is 2.11. The Balaban J connectivity index is 2.87. The largest absolute Gasteiger partial charge is 0.479 e. The molecule has 1 aromatic rings. The Labute approximate surface area is 88.2 Å². The van der Waals surface area contributed by atoms with Gasteiger partial charge in [-0.2, -0.15) is 9.37 Å². The number of rotatable bonds is 3. The summed E-state index contributed by atoms with van der Waals surface area (Å²) >= 11 is 10.9. The number of carbonyl (C=O) groups is 1. The van der Waals surface area contributed by atoms with Crippen molar-refractivity contribution in [2.24, 2.45) is 0 Å². The number of aliphatic carboxylic acids is 1. The number of halogens is 3. The lowest BCUT2D eigenvalue weighted by Gasteiger charge is -2.04. The standard InChI is InChI=1S/C7H4Cl2FNO3/c8-3-1-4(9)7(11-6(3)10)14-2-5(12)13/h1H,2H2,(H,12,13). The molecule has 0 radical (unpaired) electrons. The normalized spacial score (nSPS) is 9.93. The Hall–Kier alpha value is -1.07. The van der Waals surface area contributed by atoms with Gasteiger partial charge in [-0.1, -0.05) is 23.2 Å². The maximum absolute atomic E-state index is 12.8. The highest BCUT2D eigenvalue weighted by molar-refractivity contribution is 6.35. The van der Waals surface area contributed by atoms with E-state index in [0.717, 1.165) is 6.07 Å². The minimum Gasteiger partial charge on any atom is -0.479 e. The van der Waals surface area contributed by atoms with Crippen LogP contribution in [0.1, 0.15) is 0 Å². The molecule has 0 amide bonds. The maximum Gasteiger partial charge on any atom is 0.341 e. The summed E-state index contributed by atoms with van der Waals surface area (Å²) in [6.07, 6.45) is 0. The van der Waals surface area contributed by atoms with E-state index in [2.05, 4.69) is 9.72 Å². The topological polar surface area (TPSA) is 59.4 Å². The van der Waals surface area contributed by atoms with Gasteiger partial charge in [-0.15, -0.1) is 0 Å². The Kier molecular flexibility index (Phi) is 3.49. The van der Waals surface area contributed by atoms with Crippen LogP contribution in [-0.4, -0.2) is 22.7 Å². The lowest BCUT2D eigenvalue weighted by molar-refractivity contribution is -0.139. The summed E-state index contributed by atoms with van der Waals surface area (Å²) in [7, 11) is 0. The zero-order valence-electron chi connectivity index (χ0n) is 6.63. The van der Waals surface area contributed by atoms with E-state index in [1.54, 1.807) is 0 Å². The van der Waals surface area contributed by atoms with E-state index in [1.165, 1.54) is 0 Å². The number of ether oxygens (including phenoxy) is 1. The van der Waals surface area contributed by atoms with Crippen LogP contribution in [0.3, 0.4) is 0 Å². The summed E-state index contributed by atoms with van der Waals surface area (Å²) < 4.78 is 17.3. The Morgan fingerprint density at radius 3 is 2.79 bits per heavy atom. The first-order valence-electron chi connectivity index (χ1n) is 3.37. The zero-order valence-corrected chi connectivity index (χ0v) is 8.14. The second-order valence-electron chi connectivity index (χ2n) is 2.23. The average molecular weight is 240 g/mol. The predicted octanol–water partition coefficient (Wildman–Crippen LogP) is 1.99. The first kappa shape index (κ1) is 11.0. The predicted molar refractivity (Wildman–Crippen MR) is 47.3 cm³/mol. The third-order valence-corrected chi connectivity index (χ3v) is 1.72. The van der Waals surface area contributed by atoms with Crippen molar-refractivity contribution >= 4 is 29.2 Å². The molecule has 0 aliphatic heterocycles. The highest BCUT2D eigenvalue weighted by atomic mass is 35.5. The van der Waals surface area contributed by atoms with Crippen molar-refractivity contribution in [1.82, 2.24) is 4.98 Å². The summed E-state index contributed by atoms with van der Waals surface area (Å²) in [5.74, 6) is -2.47. The van der Waals surface area contributed by atoms with Crippen molar-refractivity contribution in [3.05, 3.63) is 22.1 Å². The van der Waals surface area contributed by atoms with Crippen molar-refractivity contribution in [2.75, 3.05) is 6.61 Å². The minimum atomic E-state index is -1.21. The number of carboxylic acids is 1. The number of aromatic nitrogens is 1. The van der Waals surface area contributed by atoms with Crippen molar-refractivity contribution in [3.63, 3.8) is 0 Å². The van der Waals surface area contributed by atoms with Gasteiger partial charge in [0.15, 0.2) is 6.61 Å². The van der Waals surface area contributed by atoms with Crippen LogP contribution in [0.25, 0.3) is 0 Å². The van der Waals surface area contributed by atoms with Gasteiger partial charge in [0.05, 0.1) is 5.02 Å². The molecule has 7 heteroatoms. The molecule has 0 fully saturated rings. The number of nitrogens with zero attached hydrogens (tertiary/aromatic N) is 1. The van der Waals surface area contributed by atoms with E-state index >= 15 is 0 Å². The molecule has 76 valence electrons. The number of carboxylic acid groups (broad SMARTS) is 1. The lowest BCUT2D eigenvalue weighted by Crippen LogP contribution is -2.10. The molecule has 1 aromatic heterocycles. The van der Waals surface area contributed by atoms with Crippen LogP contribution in [0.5, 0.6) is 5.88 Å². The van der Waals surface area contributed by atoms with Gasteiger partial charge >= 0.3 is 5.97 Å². The first-order valence-corrected chi connectivity index (χ1v) is 4.12. The van der Waals surface area contributed by atoms with Gasteiger partial charge in [0, 0.05) is 0 Å². The molecule has 0 saturated carbocycles. The molecule has 1 heterocycles. The molecule has 0 aromatic carbocycles. The molecular formula is C7H4Cl2FNO3. The molecule has 1 N–H and O–H groups in total. The fraction of sp³-hybridized carbons (Fsp3) is 0.143. The molecule has 0 aliphatic rings. The van der Waals surface area contributed by atoms with Gasteiger partial charge in [0.25, 0.3) is 0 Å². The summed E-state index contributed by atoms with van der Waals surface area (Å²) in [6, 6.07) is 1.09. The summed E-state index contributed by atoms with van der Waals surface area (Å²) in [6.45, 7) is -0.645. The quantitative estimate of drug-likeness (QED) is 0.820. The molecule has 0 saturated heterocycles. The van der Waals surface area contributed by atoms with Gasteiger partial charge in [0.1, 0.15) is 5.02 Å². The van der Waals surface area contributed by atoms with Gasteiger partial charge in [0.2, 0.25) is 11.8 Å². The lowest BCUT2D eigenvalue weighted by atomic mass is 10.5. The van der Waals surface area contributed by atoms with Crippen molar-refractivity contribution in [2.45, 2.75) is 0 Å². The molecule has 0 bridgehead atoms. The fourth-order valence-electron chi connectivity index (χ4n) is 0.660. The van der Waals surface area contributed by atoms with Crippen molar-refractivity contribution < 1.29 is 19.0 Å². The highest BCUT2D eigenvalue weighted by Crippen LogP contribution is 2.26. The van der Waals surface area contributed by atoms with Crippen LogP contribution >= 0.6 is 23.2 Å². The Bertz CT molecular complexity index is 372. The number of hydrogen-bond donors (Lipinski definition) is 1. The van der Waals surface area contributed by atoms with Gasteiger partial charge in [-0.3, -0.25) is 0 Å². The van der Waals surface area contributed by atoms with Crippen molar-refractivity contribution in [3.8, 4) is 5.88 Å². The minimum absolute atomic E-state index is 0.0438. The van der Waals surface area contributed by atoms with E-state index < -0.39 is 18.5 Å². The van der Waals surface area contributed by atoms with Crippen LogP contribution in [0.15, 0.2) is 6.07 Å². The van der Waals surface area contributed by atoms with Gasteiger partial charge in [-0.25, -0.2) is 4.79 Å². The second kappa shape index (κ2) is 4.43. The Morgan fingerprint density at radius 2 is 2.21 bits per heavy atom. The molecule has 0 aliphatic carbocycles. The summed E-state index contributed by atoms with van der Waals surface area (Å²) in [5.41, 5.74) is 0. The smallest absolute Gasteiger partial charge is 0.341 e. The SMILES string of the molecule is O=C(O)COc1nc(F)c(Cl)cc1Cl. The Morgan fingerprint density at radius 1 is 1.57 bits per heavy atom. The van der Waals surface area contributed by atoms with E-state index in [-0.39, 0.29) is 15.9 Å². The molecule has 0 unspecified atom stereocenters. The summed E-state index contributed by atoms with van der Waals surface area (Å²) in [5, 5.41) is 7.98. The molecule has 0 atom stereocenters. The number of hydrogen-bond acceptors (Lipinski definition) is 3. The molecule has 0 spiro atoms. The van der Waals surface area contributed by atoms with E-state index in [1.807, 2.05) is 0 Å². The van der Waals surface area contributed by atoms with Crippen LogP contribution < -0.4 is 4.74 Å². The average Bonchev–Trinajstić information content (AvgIpc) is 2.09. The van der Waals surface area contributed by atoms with Crippen molar-refractivity contribution in [1.29, 1.82) is 0 Å². The monoisotopic (exact) mass is 239 g/mol. The molecule has 4 nitrogen and oxygen atoms in total. The van der Waals surface area contributed by atoms with E-state index in [9.17, 15) is 9.18 Å². The second-order valence-corrected chi connectivity index (χ2v) is 3.04. The van der Waals surface area contributed by atoms with Crippen LogP contribution in [0.4, 0.5) is 4.39 Å². The van der Waals surface area contributed by atoms with Crippen LogP contribution in [-0.2, 0) is 4.79 Å². The third-order valence-electron chi connectivity index (χ3n) is 1.19. The molecule has 14 heavy (non-hydrogen) atoms. The maximum atomic E-state index is 12.8. The number of pyridine rings is 1. The van der Waals surface area contributed by atoms with E-state index in [0.29, 0.717) is 0 Å². The first-order chi connectivity index (χ1) is 6.50. The van der Waals surface area contributed by atoms with E-state index in [4.69, 9.17) is 28.3 Å². The zero-order chi connectivity index (χ0) is 10.7. The summed E-state index contributed by atoms with van der Waals surface area (Å²) in [4.78, 5) is 13.3.